The van der Waals surface area contributed by atoms with E-state index in [0.717, 1.165) is 12.3 Å². The fraction of sp³-hybridized carbons (Fsp3) is 0.265. The lowest BCUT2D eigenvalue weighted by atomic mass is 9.88. The van der Waals surface area contributed by atoms with Gasteiger partial charge >= 0.3 is 6.18 Å². The highest BCUT2D eigenvalue weighted by molar-refractivity contribution is 5.96. The van der Waals surface area contributed by atoms with Crippen LogP contribution in [0.2, 0.25) is 0 Å². The standard InChI is InChI=1S/C34H31F4N3O4/c1-19(2)16-41-32(42)22-7-12-28(44-18-25-11-8-23(17-40-25)34(36,37)38)26(15-22)21-6-13-29-27(14-21)30(33(43)39-3)31(45-29)20-4-9-24(35)10-5-20/h4-15,17,19,30-31H,16,18H2,1-3H3,(H,39,43)(H,41,42). The number of carbonyl (C=O) groups excluding carboxylic acids is 2. The number of alkyl halides is 3. The van der Waals surface area contributed by atoms with Crippen LogP contribution in [0.5, 0.6) is 11.5 Å². The van der Waals surface area contributed by atoms with Gasteiger partial charge in [-0.25, -0.2) is 4.39 Å². The van der Waals surface area contributed by atoms with Crippen LogP contribution >= 0.6 is 0 Å². The molecular weight excluding hydrogens is 590 g/mol. The summed E-state index contributed by atoms with van der Waals surface area (Å²) in [4.78, 5) is 30.0. The number of fused-ring (bicyclic) bond motifs is 1. The van der Waals surface area contributed by atoms with Gasteiger partial charge in [-0.3, -0.25) is 14.6 Å². The van der Waals surface area contributed by atoms with Gasteiger partial charge in [0.25, 0.3) is 5.91 Å². The van der Waals surface area contributed by atoms with Crippen LogP contribution in [0, 0.1) is 11.7 Å². The fourth-order valence-electron chi connectivity index (χ4n) is 5.03. The maximum atomic E-state index is 13.6. The van der Waals surface area contributed by atoms with Crippen molar-refractivity contribution in [2.24, 2.45) is 5.92 Å². The van der Waals surface area contributed by atoms with Crippen LogP contribution in [0.25, 0.3) is 11.1 Å². The topological polar surface area (TPSA) is 89.6 Å². The molecule has 5 rings (SSSR count). The monoisotopic (exact) mass is 621 g/mol. The van der Waals surface area contributed by atoms with E-state index in [0.29, 0.717) is 45.9 Å². The number of aromatic nitrogens is 1. The number of ether oxygens (including phenoxy) is 2. The number of hydrogen-bond acceptors (Lipinski definition) is 5. The first-order valence-corrected chi connectivity index (χ1v) is 14.3. The van der Waals surface area contributed by atoms with Gasteiger partial charge in [-0.2, -0.15) is 13.2 Å². The van der Waals surface area contributed by atoms with Crippen molar-refractivity contribution in [3.05, 3.63) is 113 Å². The number of pyridine rings is 1. The van der Waals surface area contributed by atoms with E-state index < -0.39 is 29.6 Å². The number of benzene rings is 3. The summed E-state index contributed by atoms with van der Waals surface area (Å²) in [6, 6.07) is 18.1. The van der Waals surface area contributed by atoms with E-state index in [9.17, 15) is 27.2 Å². The first-order chi connectivity index (χ1) is 21.4. The van der Waals surface area contributed by atoms with E-state index in [1.54, 1.807) is 48.5 Å². The summed E-state index contributed by atoms with van der Waals surface area (Å²) in [5.41, 5.74) is 2.12. The summed E-state index contributed by atoms with van der Waals surface area (Å²) in [6.45, 7) is 4.30. The Morgan fingerprint density at radius 2 is 1.76 bits per heavy atom. The molecule has 11 heteroatoms. The Balaban J connectivity index is 1.51. The smallest absolute Gasteiger partial charge is 0.417 e. The van der Waals surface area contributed by atoms with Crippen LogP contribution in [0.4, 0.5) is 17.6 Å². The molecule has 234 valence electrons. The molecule has 2 heterocycles. The highest BCUT2D eigenvalue weighted by atomic mass is 19.4. The SMILES string of the molecule is CNC(=O)C1c2cc(-c3cc(C(=O)NCC(C)C)ccc3OCc3ccc(C(F)(F)F)cn3)ccc2OC1c1ccc(F)cc1. The zero-order chi connectivity index (χ0) is 32.3. The van der Waals surface area contributed by atoms with Crippen molar-refractivity contribution >= 4 is 11.8 Å². The number of halogens is 4. The number of hydrogen-bond donors (Lipinski definition) is 2. The number of nitrogens with zero attached hydrogens (tertiary/aromatic N) is 1. The molecule has 0 saturated heterocycles. The van der Waals surface area contributed by atoms with Gasteiger partial charge in [0.2, 0.25) is 5.91 Å². The van der Waals surface area contributed by atoms with E-state index in [4.69, 9.17) is 9.47 Å². The molecule has 2 atom stereocenters. The summed E-state index contributed by atoms with van der Waals surface area (Å²) < 4.78 is 64.8. The Kier molecular flexibility index (Phi) is 9.08. The van der Waals surface area contributed by atoms with Crippen molar-refractivity contribution in [2.45, 2.75) is 38.7 Å². The normalized spacial score (nSPS) is 15.7. The van der Waals surface area contributed by atoms with Crippen molar-refractivity contribution in [3.63, 3.8) is 0 Å². The van der Waals surface area contributed by atoms with Gasteiger partial charge in [0, 0.05) is 36.5 Å². The quantitative estimate of drug-likeness (QED) is 0.200. The maximum absolute atomic E-state index is 13.6. The number of nitrogens with one attached hydrogen (secondary N) is 2. The van der Waals surface area contributed by atoms with E-state index in [1.807, 2.05) is 13.8 Å². The molecule has 0 fully saturated rings. The molecule has 2 N–H and O–H groups in total. The van der Waals surface area contributed by atoms with Gasteiger partial charge in [0.05, 0.1) is 11.3 Å². The average Bonchev–Trinajstić information content (AvgIpc) is 3.41. The number of amides is 2. The molecular formula is C34H31F4N3O4. The predicted octanol–water partition coefficient (Wildman–Crippen LogP) is 6.83. The molecule has 1 aliphatic heterocycles. The average molecular weight is 622 g/mol. The summed E-state index contributed by atoms with van der Waals surface area (Å²) >= 11 is 0. The van der Waals surface area contributed by atoms with Gasteiger partial charge in [0.15, 0.2) is 0 Å². The van der Waals surface area contributed by atoms with Crippen LogP contribution < -0.4 is 20.1 Å². The Morgan fingerprint density at radius 1 is 1.00 bits per heavy atom. The van der Waals surface area contributed by atoms with Crippen LogP contribution in [-0.4, -0.2) is 30.4 Å². The lowest BCUT2D eigenvalue weighted by Gasteiger charge is -2.18. The summed E-state index contributed by atoms with van der Waals surface area (Å²) in [6.07, 6.45) is -4.46. The molecule has 3 aromatic carbocycles. The fourth-order valence-corrected chi connectivity index (χ4v) is 5.03. The summed E-state index contributed by atoms with van der Waals surface area (Å²) in [5.74, 6) is -0.693. The summed E-state index contributed by atoms with van der Waals surface area (Å²) in [5, 5.41) is 5.57. The summed E-state index contributed by atoms with van der Waals surface area (Å²) in [7, 11) is 1.52. The van der Waals surface area contributed by atoms with E-state index >= 15 is 0 Å². The Morgan fingerprint density at radius 3 is 2.40 bits per heavy atom. The van der Waals surface area contributed by atoms with Crippen LogP contribution in [0.1, 0.15) is 58.6 Å². The Labute approximate surface area is 257 Å². The van der Waals surface area contributed by atoms with E-state index in [2.05, 4.69) is 15.6 Å². The molecule has 1 aromatic heterocycles. The third-order valence-electron chi connectivity index (χ3n) is 7.38. The lowest BCUT2D eigenvalue weighted by molar-refractivity contribution is -0.137. The first kappa shape index (κ1) is 31.5. The molecule has 0 radical (unpaired) electrons. The zero-order valence-electron chi connectivity index (χ0n) is 24.7. The highest BCUT2D eigenvalue weighted by Gasteiger charge is 2.40. The largest absolute Gasteiger partial charge is 0.487 e. The van der Waals surface area contributed by atoms with Gasteiger partial charge in [0.1, 0.15) is 35.9 Å². The molecule has 1 aliphatic rings. The molecule has 0 aliphatic carbocycles. The van der Waals surface area contributed by atoms with Gasteiger partial charge in [-0.1, -0.05) is 32.0 Å². The molecule has 0 spiro atoms. The molecule has 4 aromatic rings. The van der Waals surface area contributed by atoms with Crippen LogP contribution in [-0.2, 0) is 17.6 Å². The van der Waals surface area contributed by atoms with Gasteiger partial charge in [-0.05, 0) is 71.6 Å². The molecule has 7 nitrogen and oxygen atoms in total. The number of carbonyl (C=O) groups is 2. The first-order valence-electron chi connectivity index (χ1n) is 14.3. The van der Waals surface area contributed by atoms with Gasteiger partial charge < -0.3 is 20.1 Å². The van der Waals surface area contributed by atoms with Crippen LogP contribution in [0.3, 0.4) is 0 Å². The molecule has 0 saturated carbocycles. The third-order valence-corrected chi connectivity index (χ3v) is 7.38. The second-order valence-electron chi connectivity index (χ2n) is 11.1. The van der Waals surface area contributed by atoms with Crippen molar-refractivity contribution < 1.29 is 36.6 Å². The van der Waals surface area contributed by atoms with Gasteiger partial charge in [-0.15, -0.1) is 0 Å². The Hall–Kier alpha value is -4.93. The second kappa shape index (κ2) is 13.0. The molecule has 45 heavy (non-hydrogen) atoms. The van der Waals surface area contributed by atoms with E-state index in [1.165, 1.54) is 25.2 Å². The van der Waals surface area contributed by atoms with Crippen molar-refractivity contribution in [1.82, 2.24) is 15.6 Å². The zero-order valence-corrected chi connectivity index (χ0v) is 24.7. The van der Waals surface area contributed by atoms with Crippen LogP contribution in [0.15, 0.2) is 79.0 Å². The Bertz CT molecular complexity index is 1690. The minimum atomic E-state index is -4.51. The lowest BCUT2D eigenvalue weighted by Crippen LogP contribution is -2.28. The van der Waals surface area contributed by atoms with E-state index in [-0.39, 0.29) is 30.0 Å². The number of rotatable bonds is 9. The molecule has 2 amide bonds. The van der Waals surface area contributed by atoms with Crippen molar-refractivity contribution in [1.29, 1.82) is 0 Å². The molecule has 2 unspecified atom stereocenters. The third kappa shape index (κ3) is 7.08. The van der Waals surface area contributed by atoms with Crippen molar-refractivity contribution in [2.75, 3.05) is 13.6 Å². The maximum Gasteiger partial charge on any atom is 0.417 e. The second-order valence-corrected chi connectivity index (χ2v) is 11.1. The number of likely N-dealkylation sites (N-methyl/N-ethyl adjacent to an activating group) is 1. The minimum Gasteiger partial charge on any atom is -0.487 e. The molecule has 0 bridgehead atoms. The predicted molar refractivity (Wildman–Crippen MR) is 159 cm³/mol. The van der Waals surface area contributed by atoms with Crippen molar-refractivity contribution in [3.8, 4) is 22.6 Å². The highest BCUT2D eigenvalue weighted by Crippen LogP contribution is 2.48. The minimum absolute atomic E-state index is 0.133.